The van der Waals surface area contributed by atoms with Crippen LogP contribution in [-0.4, -0.2) is 23.1 Å². The van der Waals surface area contributed by atoms with E-state index in [2.05, 4.69) is 22.2 Å². The lowest BCUT2D eigenvalue weighted by atomic mass is 10.3. The number of hydrogen-bond acceptors (Lipinski definition) is 5. The lowest BCUT2D eigenvalue weighted by Gasteiger charge is -2.06. The molecule has 0 spiro atoms. The maximum atomic E-state index is 5.69. The van der Waals surface area contributed by atoms with Gasteiger partial charge in [-0.15, -0.1) is 11.3 Å². The van der Waals surface area contributed by atoms with Gasteiger partial charge >= 0.3 is 0 Å². The van der Waals surface area contributed by atoms with Crippen LogP contribution in [0.2, 0.25) is 0 Å². The number of rotatable bonds is 7. The van der Waals surface area contributed by atoms with Crippen LogP contribution in [0.15, 0.2) is 23.8 Å². The Labute approximate surface area is 117 Å². The number of pyridine rings is 1. The molecule has 0 amide bonds. The second-order valence-electron chi connectivity index (χ2n) is 4.22. The van der Waals surface area contributed by atoms with E-state index < -0.39 is 0 Å². The summed E-state index contributed by atoms with van der Waals surface area (Å²) in [7, 11) is 0. The predicted molar refractivity (Wildman–Crippen MR) is 77.7 cm³/mol. The average Bonchev–Trinajstić information content (AvgIpc) is 2.84. The van der Waals surface area contributed by atoms with Gasteiger partial charge in [-0.2, -0.15) is 0 Å². The van der Waals surface area contributed by atoms with Crippen LogP contribution < -0.4 is 10.1 Å². The van der Waals surface area contributed by atoms with Gasteiger partial charge in [-0.1, -0.05) is 6.92 Å². The van der Waals surface area contributed by atoms with E-state index in [-0.39, 0.29) is 0 Å². The number of ether oxygens (including phenoxy) is 1. The molecule has 0 atom stereocenters. The summed E-state index contributed by atoms with van der Waals surface area (Å²) < 4.78 is 5.69. The van der Waals surface area contributed by atoms with Crippen LogP contribution in [0.5, 0.6) is 5.75 Å². The number of nitrogens with one attached hydrogen (secondary N) is 1. The van der Waals surface area contributed by atoms with Crippen LogP contribution in [0.25, 0.3) is 0 Å². The van der Waals surface area contributed by atoms with Gasteiger partial charge in [0.25, 0.3) is 0 Å². The zero-order valence-electron chi connectivity index (χ0n) is 11.3. The minimum absolute atomic E-state index is 0.664. The predicted octanol–water partition coefficient (Wildman–Crippen LogP) is 2.58. The molecule has 2 rings (SSSR count). The van der Waals surface area contributed by atoms with E-state index in [1.165, 1.54) is 4.88 Å². The first-order valence-electron chi connectivity index (χ1n) is 6.47. The summed E-state index contributed by atoms with van der Waals surface area (Å²) in [6.07, 6.45) is 2.68. The fourth-order valence-electron chi connectivity index (χ4n) is 1.68. The van der Waals surface area contributed by atoms with Crippen molar-refractivity contribution in [3.05, 3.63) is 40.1 Å². The Morgan fingerprint density at radius 3 is 2.84 bits per heavy atom. The zero-order valence-corrected chi connectivity index (χ0v) is 12.2. The summed E-state index contributed by atoms with van der Waals surface area (Å²) in [5.41, 5.74) is 4.02. The van der Waals surface area contributed by atoms with Gasteiger partial charge < -0.3 is 10.1 Å². The van der Waals surface area contributed by atoms with E-state index in [0.717, 1.165) is 36.6 Å². The van der Waals surface area contributed by atoms with Crippen LogP contribution in [0.4, 0.5) is 0 Å². The number of aromatic nitrogens is 2. The Kier molecular flexibility index (Phi) is 5.30. The monoisotopic (exact) mass is 277 g/mol. The van der Waals surface area contributed by atoms with Crippen molar-refractivity contribution >= 4 is 11.3 Å². The largest absolute Gasteiger partial charge is 0.492 e. The maximum Gasteiger partial charge on any atom is 0.137 e. The fraction of sp³-hybridized carbons (Fsp3) is 0.429. The van der Waals surface area contributed by atoms with Crippen molar-refractivity contribution in [1.82, 2.24) is 15.3 Å². The number of nitrogens with zero attached hydrogens (tertiary/aromatic N) is 2. The van der Waals surface area contributed by atoms with Gasteiger partial charge in [0.05, 0.1) is 29.7 Å². The summed E-state index contributed by atoms with van der Waals surface area (Å²) in [6.45, 7) is 6.53. The summed E-state index contributed by atoms with van der Waals surface area (Å²) in [5, 5.41) is 3.24. The SMILES string of the molecule is CCNCc1ccc(OCCc2scnc2C)cn1. The van der Waals surface area contributed by atoms with Crippen LogP contribution >= 0.6 is 11.3 Å². The van der Waals surface area contributed by atoms with E-state index in [9.17, 15) is 0 Å². The third-order valence-electron chi connectivity index (χ3n) is 2.80. The van der Waals surface area contributed by atoms with Crippen molar-refractivity contribution < 1.29 is 4.74 Å². The zero-order chi connectivity index (χ0) is 13.5. The van der Waals surface area contributed by atoms with Crippen molar-refractivity contribution in [3.8, 4) is 5.75 Å². The number of hydrogen-bond donors (Lipinski definition) is 1. The first-order valence-corrected chi connectivity index (χ1v) is 7.35. The normalized spacial score (nSPS) is 10.6. The molecule has 0 fully saturated rings. The highest BCUT2D eigenvalue weighted by atomic mass is 32.1. The Morgan fingerprint density at radius 2 is 2.21 bits per heavy atom. The van der Waals surface area contributed by atoms with Gasteiger partial charge in [-0.25, -0.2) is 4.98 Å². The molecule has 102 valence electrons. The topological polar surface area (TPSA) is 47.0 Å². The van der Waals surface area contributed by atoms with E-state index in [4.69, 9.17) is 4.74 Å². The van der Waals surface area contributed by atoms with E-state index >= 15 is 0 Å². The first-order chi connectivity index (χ1) is 9.29. The third kappa shape index (κ3) is 4.29. The molecule has 0 aliphatic carbocycles. The smallest absolute Gasteiger partial charge is 0.137 e. The Morgan fingerprint density at radius 1 is 1.32 bits per heavy atom. The minimum Gasteiger partial charge on any atom is -0.492 e. The second kappa shape index (κ2) is 7.21. The molecule has 0 bridgehead atoms. The lowest BCUT2D eigenvalue weighted by Crippen LogP contribution is -2.12. The molecule has 0 aromatic carbocycles. The first kappa shape index (κ1) is 14.0. The molecule has 0 aliphatic rings. The molecule has 1 N–H and O–H groups in total. The highest BCUT2D eigenvalue weighted by molar-refractivity contribution is 7.09. The summed E-state index contributed by atoms with van der Waals surface area (Å²) in [6, 6.07) is 3.97. The second-order valence-corrected chi connectivity index (χ2v) is 5.16. The summed E-state index contributed by atoms with van der Waals surface area (Å²) >= 11 is 1.68. The van der Waals surface area contributed by atoms with Gasteiger partial charge in [0.1, 0.15) is 5.75 Å². The van der Waals surface area contributed by atoms with Gasteiger partial charge in [0, 0.05) is 17.8 Å². The molecular weight excluding hydrogens is 258 g/mol. The Balaban J connectivity index is 1.78. The van der Waals surface area contributed by atoms with Crippen LogP contribution in [-0.2, 0) is 13.0 Å². The van der Waals surface area contributed by atoms with Crippen molar-refractivity contribution in [2.45, 2.75) is 26.8 Å². The van der Waals surface area contributed by atoms with Crippen molar-refractivity contribution in [2.75, 3.05) is 13.2 Å². The van der Waals surface area contributed by atoms with Crippen LogP contribution in [0, 0.1) is 6.92 Å². The van der Waals surface area contributed by atoms with Gasteiger partial charge in [0.15, 0.2) is 0 Å². The van der Waals surface area contributed by atoms with Crippen LogP contribution in [0.3, 0.4) is 0 Å². The van der Waals surface area contributed by atoms with E-state index in [1.807, 2.05) is 24.6 Å². The standard InChI is InChI=1S/C14H19N3OS/c1-3-15-8-12-4-5-13(9-16-12)18-7-6-14-11(2)17-10-19-14/h4-5,9-10,15H,3,6-8H2,1-2H3. The lowest BCUT2D eigenvalue weighted by molar-refractivity contribution is 0.321. The van der Waals surface area contributed by atoms with Crippen LogP contribution in [0.1, 0.15) is 23.2 Å². The molecule has 2 aromatic rings. The molecule has 0 radical (unpaired) electrons. The van der Waals surface area contributed by atoms with E-state index in [1.54, 1.807) is 17.5 Å². The highest BCUT2D eigenvalue weighted by Gasteiger charge is 2.02. The molecule has 19 heavy (non-hydrogen) atoms. The van der Waals surface area contributed by atoms with E-state index in [0.29, 0.717) is 6.61 Å². The van der Waals surface area contributed by atoms with Gasteiger partial charge in [-0.3, -0.25) is 4.98 Å². The maximum absolute atomic E-state index is 5.69. The number of thiazole rings is 1. The molecule has 0 unspecified atom stereocenters. The third-order valence-corrected chi connectivity index (χ3v) is 3.79. The molecule has 0 aliphatic heterocycles. The minimum atomic E-state index is 0.664. The molecule has 5 heteroatoms. The fourth-order valence-corrected chi connectivity index (χ4v) is 2.44. The van der Waals surface area contributed by atoms with Crippen molar-refractivity contribution in [1.29, 1.82) is 0 Å². The molecule has 0 saturated carbocycles. The van der Waals surface area contributed by atoms with Gasteiger partial charge in [-0.05, 0) is 25.6 Å². The van der Waals surface area contributed by atoms with Gasteiger partial charge in [0.2, 0.25) is 0 Å². The average molecular weight is 277 g/mol. The Bertz CT molecular complexity index is 496. The van der Waals surface area contributed by atoms with Crippen molar-refractivity contribution in [3.63, 3.8) is 0 Å². The molecular formula is C14H19N3OS. The molecule has 0 saturated heterocycles. The highest BCUT2D eigenvalue weighted by Crippen LogP contribution is 2.14. The van der Waals surface area contributed by atoms with Crippen molar-refractivity contribution in [2.24, 2.45) is 0 Å². The molecule has 4 nitrogen and oxygen atoms in total. The summed E-state index contributed by atoms with van der Waals surface area (Å²) in [4.78, 5) is 9.87. The summed E-state index contributed by atoms with van der Waals surface area (Å²) in [5.74, 6) is 0.822. The Hall–Kier alpha value is -1.46. The quantitative estimate of drug-likeness (QED) is 0.845. The number of aryl methyl sites for hydroxylation is 1. The molecule has 2 heterocycles. The molecule has 2 aromatic heterocycles.